The maximum absolute atomic E-state index is 12.0. The van der Waals surface area contributed by atoms with Gasteiger partial charge in [-0.25, -0.2) is 9.78 Å². The molecule has 1 unspecified atom stereocenters. The van der Waals surface area contributed by atoms with Gasteiger partial charge in [-0.15, -0.1) is 0 Å². The normalized spacial score (nSPS) is 17.9. The Morgan fingerprint density at radius 3 is 3.00 bits per heavy atom. The van der Waals surface area contributed by atoms with Gasteiger partial charge in [0.1, 0.15) is 6.04 Å². The largest absolute Gasteiger partial charge is 0.348 e. The van der Waals surface area contributed by atoms with E-state index in [9.17, 15) is 4.79 Å². The fourth-order valence-electron chi connectivity index (χ4n) is 2.52. The molecule has 0 bridgehead atoms. The topological polar surface area (TPSA) is 73.9 Å². The Morgan fingerprint density at radius 2 is 2.26 bits per heavy atom. The van der Waals surface area contributed by atoms with Crippen LogP contribution < -0.4 is 5.32 Å². The minimum atomic E-state index is -0.155. The van der Waals surface area contributed by atoms with Crippen molar-refractivity contribution in [2.24, 2.45) is 0 Å². The van der Waals surface area contributed by atoms with Crippen molar-refractivity contribution in [1.29, 1.82) is 0 Å². The van der Waals surface area contributed by atoms with Gasteiger partial charge in [0.05, 0.1) is 12.0 Å². The molecule has 0 saturated heterocycles. The smallest absolute Gasteiger partial charge is 0.317 e. The summed E-state index contributed by atoms with van der Waals surface area (Å²) < 4.78 is 0. The summed E-state index contributed by atoms with van der Waals surface area (Å²) in [5, 5.41) is 2.69. The maximum atomic E-state index is 12.0. The summed E-state index contributed by atoms with van der Waals surface area (Å²) in [6, 6.07) is 3.60. The van der Waals surface area contributed by atoms with Gasteiger partial charge in [0, 0.05) is 38.1 Å². The number of H-pyrrole nitrogens is 1. The van der Waals surface area contributed by atoms with Crippen LogP contribution in [0.15, 0.2) is 30.9 Å². The average Bonchev–Trinajstić information content (AvgIpc) is 2.94. The summed E-state index contributed by atoms with van der Waals surface area (Å²) in [5.41, 5.74) is 3.04. The Balaban J connectivity index is 2.07. The van der Waals surface area contributed by atoms with Crippen LogP contribution in [0.4, 0.5) is 4.79 Å². The highest BCUT2D eigenvalue weighted by Gasteiger charge is 2.33. The van der Waals surface area contributed by atoms with Crippen LogP contribution in [0, 0.1) is 0 Å². The van der Waals surface area contributed by atoms with Crippen LogP contribution in [0.25, 0.3) is 0 Å². The number of rotatable bonds is 1. The first-order valence-electron chi connectivity index (χ1n) is 6.21. The highest BCUT2D eigenvalue weighted by atomic mass is 16.2. The van der Waals surface area contributed by atoms with Crippen LogP contribution in [0.5, 0.6) is 0 Å². The fourth-order valence-corrected chi connectivity index (χ4v) is 2.52. The third-order valence-electron chi connectivity index (χ3n) is 3.42. The van der Waals surface area contributed by atoms with Crippen molar-refractivity contribution < 1.29 is 4.79 Å². The first kappa shape index (κ1) is 11.7. The number of hydrogen-bond acceptors (Lipinski definition) is 3. The molecule has 98 valence electrons. The fraction of sp³-hybridized carbons (Fsp3) is 0.308. The molecule has 1 aliphatic rings. The molecule has 6 heteroatoms. The first-order valence-corrected chi connectivity index (χ1v) is 6.21. The number of hydrogen-bond donors (Lipinski definition) is 2. The van der Waals surface area contributed by atoms with Gasteiger partial charge < -0.3 is 15.2 Å². The lowest BCUT2D eigenvalue weighted by Crippen LogP contribution is -2.45. The second-order valence-corrected chi connectivity index (χ2v) is 4.45. The van der Waals surface area contributed by atoms with Crippen molar-refractivity contribution in [2.45, 2.75) is 12.5 Å². The van der Waals surface area contributed by atoms with Gasteiger partial charge in [-0.3, -0.25) is 4.98 Å². The predicted molar refractivity (Wildman–Crippen MR) is 69.5 cm³/mol. The molecule has 2 aromatic rings. The summed E-state index contributed by atoms with van der Waals surface area (Å²) >= 11 is 0. The van der Waals surface area contributed by atoms with Crippen LogP contribution in [-0.4, -0.2) is 39.5 Å². The molecule has 1 atom stereocenters. The second kappa shape index (κ2) is 4.72. The Bertz CT molecular complexity index is 580. The lowest BCUT2D eigenvalue weighted by Gasteiger charge is -2.34. The zero-order valence-corrected chi connectivity index (χ0v) is 10.6. The van der Waals surface area contributed by atoms with E-state index in [4.69, 9.17) is 0 Å². The van der Waals surface area contributed by atoms with E-state index in [1.165, 1.54) is 0 Å². The molecule has 2 amide bonds. The monoisotopic (exact) mass is 257 g/mol. The SMILES string of the molecule is CNC(=O)N1CCc2[nH]cnc2C1c1ccncc1. The molecule has 19 heavy (non-hydrogen) atoms. The van der Waals surface area contributed by atoms with Crippen molar-refractivity contribution in [3.8, 4) is 0 Å². The molecule has 0 radical (unpaired) electrons. The third kappa shape index (κ3) is 1.95. The van der Waals surface area contributed by atoms with E-state index in [0.29, 0.717) is 6.54 Å². The minimum Gasteiger partial charge on any atom is -0.348 e. The van der Waals surface area contributed by atoms with E-state index >= 15 is 0 Å². The van der Waals surface area contributed by atoms with Gasteiger partial charge in [0.2, 0.25) is 0 Å². The number of imidazole rings is 1. The molecule has 1 aliphatic heterocycles. The van der Waals surface area contributed by atoms with E-state index in [2.05, 4.69) is 20.3 Å². The summed E-state index contributed by atoms with van der Waals surface area (Å²) in [5.74, 6) is 0. The molecule has 6 nitrogen and oxygen atoms in total. The van der Waals surface area contributed by atoms with Gasteiger partial charge in [0.25, 0.3) is 0 Å². The van der Waals surface area contributed by atoms with Crippen molar-refractivity contribution in [3.63, 3.8) is 0 Å². The van der Waals surface area contributed by atoms with E-state index < -0.39 is 0 Å². The second-order valence-electron chi connectivity index (χ2n) is 4.45. The molecular weight excluding hydrogens is 242 g/mol. The van der Waals surface area contributed by atoms with Crippen LogP contribution in [0.3, 0.4) is 0 Å². The summed E-state index contributed by atoms with van der Waals surface area (Å²) in [4.78, 5) is 25.4. The average molecular weight is 257 g/mol. The predicted octanol–water partition coefficient (Wildman–Crippen LogP) is 1.09. The Hall–Kier alpha value is -2.37. The number of nitrogens with zero attached hydrogens (tertiary/aromatic N) is 3. The van der Waals surface area contributed by atoms with Gasteiger partial charge in [-0.2, -0.15) is 0 Å². The Kier molecular flexibility index (Phi) is 2.91. The number of aromatic amines is 1. The van der Waals surface area contributed by atoms with Crippen molar-refractivity contribution >= 4 is 6.03 Å². The summed E-state index contributed by atoms with van der Waals surface area (Å²) in [7, 11) is 1.64. The Labute approximate surface area is 110 Å². The lowest BCUT2D eigenvalue weighted by atomic mass is 9.97. The molecule has 0 fully saturated rings. The number of carbonyl (C=O) groups excluding carboxylic acids is 1. The number of aromatic nitrogens is 3. The van der Waals surface area contributed by atoms with Crippen LogP contribution in [0.1, 0.15) is 23.0 Å². The van der Waals surface area contributed by atoms with E-state index in [1.807, 2.05) is 12.1 Å². The molecule has 2 N–H and O–H groups in total. The maximum Gasteiger partial charge on any atom is 0.317 e. The quantitative estimate of drug-likeness (QED) is 0.803. The minimum absolute atomic E-state index is 0.0875. The van der Waals surface area contributed by atoms with Gasteiger partial charge >= 0.3 is 6.03 Å². The van der Waals surface area contributed by atoms with Gasteiger partial charge in [-0.05, 0) is 17.7 Å². The van der Waals surface area contributed by atoms with E-state index in [1.54, 1.807) is 30.7 Å². The molecule has 0 aliphatic carbocycles. The Morgan fingerprint density at radius 1 is 1.47 bits per heavy atom. The van der Waals surface area contributed by atoms with Crippen molar-refractivity contribution in [3.05, 3.63) is 47.8 Å². The van der Waals surface area contributed by atoms with Gasteiger partial charge in [-0.1, -0.05) is 0 Å². The number of fused-ring (bicyclic) bond motifs is 1. The summed E-state index contributed by atoms with van der Waals surface area (Å²) in [6.45, 7) is 0.669. The van der Waals surface area contributed by atoms with Crippen molar-refractivity contribution in [2.75, 3.05) is 13.6 Å². The van der Waals surface area contributed by atoms with Crippen LogP contribution in [0.2, 0.25) is 0 Å². The number of urea groups is 1. The highest BCUT2D eigenvalue weighted by Crippen LogP contribution is 2.32. The molecule has 0 spiro atoms. The molecule has 3 rings (SSSR count). The number of amides is 2. The highest BCUT2D eigenvalue weighted by molar-refractivity contribution is 5.75. The molecule has 3 heterocycles. The van der Waals surface area contributed by atoms with E-state index in [0.717, 1.165) is 23.4 Å². The molecular formula is C13H15N5O. The molecule has 0 aromatic carbocycles. The van der Waals surface area contributed by atoms with E-state index in [-0.39, 0.29) is 12.1 Å². The summed E-state index contributed by atoms with van der Waals surface area (Å²) in [6.07, 6.45) is 5.95. The number of nitrogens with one attached hydrogen (secondary N) is 2. The van der Waals surface area contributed by atoms with Crippen molar-refractivity contribution in [1.82, 2.24) is 25.2 Å². The zero-order chi connectivity index (χ0) is 13.2. The standard InChI is InChI=1S/C13H15N5O/c1-14-13(19)18-7-4-10-11(17-8-16-10)12(18)9-2-5-15-6-3-9/h2-3,5-6,8,12H,4,7H2,1H3,(H,14,19)(H,16,17). The van der Waals surface area contributed by atoms with Crippen LogP contribution >= 0.6 is 0 Å². The third-order valence-corrected chi connectivity index (χ3v) is 3.42. The molecule has 0 saturated carbocycles. The number of carbonyl (C=O) groups is 1. The zero-order valence-electron chi connectivity index (χ0n) is 10.6. The lowest BCUT2D eigenvalue weighted by molar-refractivity contribution is 0.181. The van der Waals surface area contributed by atoms with Crippen LogP contribution in [-0.2, 0) is 6.42 Å². The molecule has 2 aromatic heterocycles. The number of pyridine rings is 1. The van der Waals surface area contributed by atoms with Gasteiger partial charge in [0.15, 0.2) is 0 Å². The first-order chi connectivity index (χ1) is 9.31.